The van der Waals surface area contributed by atoms with Gasteiger partial charge >= 0.3 is 0 Å². The molecule has 3 heteroatoms. The summed E-state index contributed by atoms with van der Waals surface area (Å²) in [6, 6.07) is 12.1. The van der Waals surface area contributed by atoms with Gasteiger partial charge in [0, 0.05) is 12.1 Å². The predicted octanol–water partition coefficient (Wildman–Crippen LogP) is 1.41. The van der Waals surface area contributed by atoms with Crippen LogP contribution < -0.4 is 5.32 Å². The second-order valence-electron chi connectivity index (χ2n) is 4.41. The first-order chi connectivity index (χ1) is 7.79. The van der Waals surface area contributed by atoms with Gasteiger partial charge in [-0.1, -0.05) is 30.3 Å². The van der Waals surface area contributed by atoms with Crippen molar-refractivity contribution in [3.8, 4) is 6.07 Å². The van der Waals surface area contributed by atoms with Gasteiger partial charge in [-0.05, 0) is 18.4 Å². The third-order valence-corrected chi connectivity index (χ3v) is 3.20. The van der Waals surface area contributed by atoms with Crippen LogP contribution in [0.4, 0.5) is 0 Å². The molecule has 0 amide bonds. The zero-order valence-corrected chi connectivity index (χ0v) is 9.19. The van der Waals surface area contributed by atoms with Crippen LogP contribution in [0.5, 0.6) is 0 Å². The lowest BCUT2D eigenvalue weighted by molar-refractivity contribution is 0.230. The molecule has 1 aromatic carbocycles. The van der Waals surface area contributed by atoms with Crippen molar-refractivity contribution >= 4 is 0 Å². The highest BCUT2D eigenvalue weighted by molar-refractivity contribution is 5.25. The van der Waals surface area contributed by atoms with Crippen LogP contribution in [0.25, 0.3) is 0 Å². The molecular formula is C13H16N2O. The Bertz CT molecular complexity index is 379. The fraction of sp³-hybridized carbons (Fsp3) is 0.462. The van der Waals surface area contributed by atoms with E-state index in [1.54, 1.807) is 0 Å². The highest BCUT2D eigenvalue weighted by atomic mass is 16.3. The minimum atomic E-state index is -0.134. The molecule has 1 saturated carbocycles. The highest BCUT2D eigenvalue weighted by Gasteiger charge is 2.41. The Labute approximate surface area is 95.7 Å². The van der Waals surface area contributed by atoms with Gasteiger partial charge in [-0.3, -0.25) is 0 Å². The third kappa shape index (κ3) is 2.41. The van der Waals surface area contributed by atoms with Crippen molar-refractivity contribution in [1.29, 1.82) is 5.26 Å². The van der Waals surface area contributed by atoms with Crippen LogP contribution in [0.3, 0.4) is 0 Å². The predicted molar refractivity (Wildman–Crippen MR) is 61.8 cm³/mol. The molecule has 16 heavy (non-hydrogen) atoms. The van der Waals surface area contributed by atoms with E-state index in [9.17, 15) is 0 Å². The molecule has 1 aromatic rings. The second-order valence-corrected chi connectivity index (χ2v) is 4.41. The molecule has 2 N–H and O–H groups in total. The summed E-state index contributed by atoms with van der Waals surface area (Å²) in [5.41, 5.74) is 0.940. The van der Waals surface area contributed by atoms with Gasteiger partial charge in [0.2, 0.25) is 0 Å². The minimum Gasteiger partial charge on any atom is -0.394 e. The number of hydrogen-bond acceptors (Lipinski definition) is 3. The van der Waals surface area contributed by atoms with Crippen molar-refractivity contribution in [2.45, 2.75) is 24.3 Å². The Hall–Kier alpha value is -1.37. The summed E-state index contributed by atoms with van der Waals surface area (Å²) in [4.78, 5) is 0. The standard InChI is InChI=1S/C13H16N2O/c14-8-12(11-4-2-1-3-5-11)9-15-13(10-16)6-7-13/h1-5,12,15-16H,6-7,9-10H2. The van der Waals surface area contributed by atoms with Crippen molar-refractivity contribution in [3.63, 3.8) is 0 Å². The van der Waals surface area contributed by atoms with Gasteiger partial charge in [0.1, 0.15) is 0 Å². The summed E-state index contributed by atoms with van der Waals surface area (Å²) < 4.78 is 0. The normalized spacial score (nSPS) is 18.8. The van der Waals surface area contributed by atoms with Gasteiger partial charge < -0.3 is 10.4 Å². The van der Waals surface area contributed by atoms with Crippen LogP contribution >= 0.6 is 0 Å². The Morgan fingerprint density at radius 2 is 2.06 bits per heavy atom. The summed E-state index contributed by atoms with van der Waals surface area (Å²) in [7, 11) is 0. The summed E-state index contributed by atoms with van der Waals surface area (Å²) in [6.07, 6.45) is 2.02. The van der Waals surface area contributed by atoms with Crippen LogP contribution in [0, 0.1) is 11.3 Å². The molecule has 1 aliphatic carbocycles. The van der Waals surface area contributed by atoms with E-state index in [-0.39, 0.29) is 18.1 Å². The maximum atomic E-state index is 9.17. The monoisotopic (exact) mass is 216 g/mol. The molecule has 0 radical (unpaired) electrons. The first-order valence-electron chi connectivity index (χ1n) is 5.60. The molecule has 1 aliphatic rings. The van der Waals surface area contributed by atoms with Crippen molar-refractivity contribution < 1.29 is 5.11 Å². The molecule has 84 valence electrons. The molecular weight excluding hydrogens is 200 g/mol. The lowest BCUT2D eigenvalue weighted by Crippen LogP contribution is -2.37. The molecule has 1 fully saturated rings. The Morgan fingerprint density at radius 3 is 2.56 bits per heavy atom. The summed E-state index contributed by atoms with van der Waals surface area (Å²) >= 11 is 0. The van der Waals surface area contributed by atoms with Gasteiger partial charge in [0.15, 0.2) is 0 Å². The topological polar surface area (TPSA) is 56.0 Å². The second kappa shape index (κ2) is 4.65. The number of aliphatic hydroxyl groups is 1. The Morgan fingerprint density at radius 1 is 1.38 bits per heavy atom. The lowest BCUT2D eigenvalue weighted by Gasteiger charge is -2.17. The van der Waals surface area contributed by atoms with E-state index < -0.39 is 0 Å². The van der Waals surface area contributed by atoms with Gasteiger partial charge in [0.25, 0.3) is 0 Å². The van der Waals surface area contributed by atoms with E-state index in [2.05, 4.69) is 11.4 Å². The first kappa shape index (κ1) is 11.1. The number of nitrogens with zero attached hydrogens (tertiary/aromatic N) is 1. The van der Waals surface area contributed by atoms with Crippen LogP contribution in [-0.4, -0.2) is 23.8 Å². The first-order valence-corrected chi connectivity index (χ1v) is 5.60. The molecule has 0 spiro atoms. The number of rotatable bonds is 5. The van der Waals surface area contributed by atoms with E-state index in [4.69, 9.17) is 10.4 Å². The summed E-state index contributed by atoms with van der Waals surface area (Å²) in [6.45, 7) is 0.779. The van der Waals surface area contributed by atoms with Gasteiger partial charge in [-0.15, -0.1) is 0 Å². The summed E-state index contributed by atoms with van der Waals surface area (Å²) in [5, 5.41) is 21.6. The highest BCUT2D eigenvalue weighted by Crippen LogP contribution is 2.34. The van der Waals surface area contributed by atoms with Crippen molar-refractivity contribution in [1.82, 2.24) is 5.32 Å². The van der Waals surface area contributed by atoms with Gasteiger partial charge in [-0.25, -0.2) is 0 Å². The van der Waals surface area contributed by atoms with Crippen molar-refractivity contribution in [3.05, 3.63) is 35.9 Å². The summed E-state index contributed by atoms with van der Waals surface area (Å²) in [5.74, 6) is -0.134. The number of nitriles is 1. The molecule has 1 unspecified atom stereocenters. The van der Waals surface area contributed by atoms with Crippen LogP contribution in [-0.2, 0) is 0 Å². The molecule has 0 aliphatic heterocycles. The van der Waals surface area contributed by atoms with E-state index in [0.717, 1.165) is 18.4 Å². The van der Waals surface area contributed by atoms with Gasteiger partial charge in [-0.2, -0.15) is 5.26 Å². The van der Waals surface area contributed by atoms with Crippen LogP contribution in [0.15, 0.2) is 30.3 Å². The van der Waals surface area contributed by atoms with E-state index in [0.29, 0.717) is 6.54 Å². The maximum Gasteiger partial charge on any atom is 0.0837 e. The van der Waals surface area contributed by atoms with E-state index >= 15 is 0 Å². The smallest absolute Gasteiger partial charge is 0.0837 e. The quantitative estimate of drug-likeness (QED) is 0.782. The zero-order chi connectivity index (χ0) is 11.4. The Balaban J connectivity index is 1.95. The largest absolute Gasteiger partial charge is 0.394 e. The lowest BCUT2D eigenvalue weighted by atomic mass is 10.0. The van der Waals surface area contributed by atoms with E-state index in [1.165, 1.54) is 0 Å². The van der Waals surface area contributed by atoms with Crippen LogP contribution in [0.2, 0.25) is 0 Å². The minimum absolute atomic E-state index is 0.0934. The van der Waals surface area contributed by atoms with Gasteiger partial charge in [0.05, 0.1) is 18.6 Å². The number of hydrogen-bond donors (Lipinski definition) is 2. The molecule has 0 heterocycles. The molecule has 2 rings (SSSR count). The van der Waals surface area contributed by atoms with Crippen LogP contribution in [0.1, 0.15) is 24.3 Å². The third-order valence-electron chi connectivity index (χ3n) is 3.20. The van der Waals surface area contributed by atoms with Crippen molar-refractivity contribution in [2.24, 2.45) is 0 Å². The molecule has 0 aromatic heterocycles. The maximum absolute atomic E-state index is 9.17. The van der Waals surface area contributed by atoms with E-state index in [1.807, 2.05) is 30.3 Å². The average molecular weight is 216 g/mol. The fourth-order valence-corrected chi connectivity index (χ4v) is 1.78. The Kier molecular flexibility index (Phi) is 3.23. The SMILES string of the molecule is N#CC(CNC1(CO)CC1)c1ccccc1. The number of benzene rings is 1. The number of aliphatic hydroxyl groups excluding tert-OH is 1. The molecule has 1 atom stereocenters. The average Bonchev–Trinajstić information content (AvgIpc) is 3.12. The zero-order valence-electron chi connectivity index (χ0n) is 9.19. The molecule has 0 bridgehead atoms. The molecule has 0 saturated heterocycles. The van der Waals surface area contributed by atoms with Crippen molar-refractivity contribution in [2.75, 3.05) is 13.2 Å². The number of nitrogens with one attached hydrogen (secondary N) is 1. The fourth-order valence-electron chi connectivity index (χ4n) is 1.78. The molecule has 3 nitrogen and oxygen atoms in total.